The summed E-state index contributed by atoms with van der Waals surface area (Å²) < 4.78 is 0. The van der Waals surface area contributed by atoms with Gasteiger partial charge in [0.25, 0.3) is 0 Å². The molecule has 20 heavy (non-hydrogen) atoms. The first-order chi connectivity index (χ1) is 9.58. The third-order valence-electron chi connectivity index (χ3n) is 5.02. The summed E-state index contributed by atoms with van der Waals surface area (Å²) in [5.41, 5.74) is 2.37. The van der Waals surface area contributed by atoms with E-state index < -0.39 is 6.09 Å². The first-order valence-electron chi connectivity index (χ1n) is 7.29. The SMILES string of the molecule is Cc1ccccc1[C@H]1[C@@H]2CN(C(=O)O)C[C@H]2CC[C@@H]1O. The van der Waals surface area contributed by atoms with Gasteiger partial charge < -0.3 is 15.1 Å². The molecule has 1 aromatic carbocycles. The van der Waals surface area contributed by atoms with Gasteiger partial charge in [-0.2, -0.15) is 0 Å². The molecular weight excluding hydrogens is 254 g/mol. The van der Waals surface area contributed by atoms with Crippen molar-refractivity contribution in [3.8, 4) is 0 Å². The second kappa shape index (κ2) is 5.09. The lowest BCUT2D eigenvalue weighted by molar-refractivity contribution is 0.0587. The number of rotatable bonds is 1. The van der Waals surface area contributed by atoms with Gasteiger partial charge in [0.05, 0.1) is 6.10 Å². The molecule has 0 radical (unpaired) electrons. The molecule has 4 heteroatoms. The molecule has 0 aromatic heterocycles. The molecule has 1 amide bonds. The van der Waals surface area contributed by atoms with Crippen LogP contribution in [0.2, 0.25) is 0 Å². The van der Waals surface area contributed by atoms with Gasteiger partial charge in [-0.1, -0.05) is 24.3 Å². The number of fused-ring (bicyclic) bond motifs is 1. The summed E-state index contributed by atoms with van der Waals surface area (Å²) in [5, 5.41) is 19.7. The van der Waals surface area contributed by atoms with Gasteiger partial charge in [0.15, 0.2) is 0 Å². The average Bonchev–Trinajstić information content (AvgIpc) is 2.84. The molecule has 2 fully saturated rings. The number of aliphatic hydroxyl groups is 1. The first-order valence-corrected chi connectivity index (χ1v) is 7.29. The molecule has 0 unspecified atom stereocenters. The Morgan fingerprint density at radius 3 is 2.70 bits per heavy atom. The summed E-state index contributed by atoms with van der Waals surface area (Å²) >= 11 is 0. The highest BCUT2D eigenvalue weighted by Crippen LogP contribution is 2.46. The van der Waals surface area contributed by atoms with E-state index in [0.29, 0.717) is 19.0 Å². The van der Waals surface area contributed by atoms with Gasteiger partial charge in [0.2, 0.25) is 0 Å². The van der Waals surface area contributed by atoms with Gasteiger partial charge in [-0.3, -0.25) is 0 Å². The number of amides is 1. The van der Waals surface area contributed by atoms with Crippen LogP contribution in [0.5, 0.6) is 0 Å². The van der Waals surface area contributed by atoms with Crippen molar-refractivity contribution in [2.45, 2.75) is 31.8 Å². The van der Waals surface area contributed by atoms with Gasteiger partial charge in [0, 0.05) is 19.0 Å². The maximum absolute atomic E-state index is 11.2. The Hall–Kier alpha value is -1.55. The Bertz CT molecular complexity index is 516. The van der Waals surface area contributed by atoms with Crippen molar-refractivity contribution in [1.82, 2.24) is 4.90 Å². The number of likely N-dealkylation sites (tertiary alicyclic amines) is 1. The van der Waals surface area contributed by atoms with Crippen molar-refractivity contribution >= 4 is 6.09 Å². The van der Waals surface area contributed by atoms with Crippen molar-refractivity contribution in [2.24, 2.45) is 11.8 Å². The van der Waals surface area contributed by atoms with Crippen LogP contribution < -0.4 is 0 Å². The van der Waals surface area contributed by atoms with E-state index in [4.69, 9.17) is 0 Å². The van der Waals surface area contributed by atoms with E-state index in [0.717, 1.165) is 12.8 Å². The Balaban J connectivity index is 1.92. The Morgan fingerprint density at radius 2 is 2.00 bits per heavy atom. The Kier molecular flexibility index (Phi) is 3.42. The zero-order valence-corrected chi connectivity index (χ0v) is 11.7. The van der Waals surface area contributed by atoms with Gasteiger partial charge >= 0.3 is 6.09 Å². The van der Waals surface area contributed by atoms with Crippen LogP contribution in [0.4, 0.5) is 4.79 Å². The quantitative estimate of drug-likeness (QED) is 0.827. The maximum Gasteiger partial charge on any atom is 0.407 e. The van der Waals surface area contributed by atoms with Crippen LogP contribution >= 0.6 is 0 Å². The molecular formula is C16H21NO3. The fourth-order valence-corrected chi connectivity index (χ4v) is 4.01. The van der Waals surface area contributed by atoms with Crippen LogP contribution in [0.1, 0.15) is 29.9 Å². The molecule has 108 valence electrons. The van der Waals surface area contributed by atoms with Crippen molar-refractivity contribution in [3.63, 3.8) is 0 Å². The third kappa shape index (κ3) is 2.18. The molecule has 1 aliphatic heterocycles. The molecule has 4 nitrogen and oxygen atoms in total. The number of aliphatic hydroxyl groups excluding tert-OH is 1. The Morgan fingerprint density at radius 1 is 1.25 bits per heavy atom. The molecule has 1 aromatic rings. The highest BCUT2D eigenvalue weighted by molar-refractivity contribution is 5.65. The smallest absolute Gasteiger partial charge is 0.407 e. The number of carbonyl (C=O) groups is 1. The van der Waals surface area contributed by atoms with E-state index in [9.17, 15) is 15.0 Å². The zero-order chi connectivity index (χ0) is 14.3. The van der Waals surface area contributed by atoms with Gasteiger partial charge in [0.1, 0.15) is 0 Å². The average molecular weight is 275 g/mol. The summed E-state index contributed by atoms with van der Waals surface area (Å²) in [6.45, 7) is 3.24. The van der Waals surface area contributed by atoms with E-state index >= 15 is 0 Å². The lowest BCUT2D eigenvalue weighted by Gasteiger charge is -2.37. The van der Waals surface area contributed by atoms with Crippen LogP contribution in [-0.2, 0) is 0 Å². The number of carboxylic acid groups (broad SMARTS) is 1. The molecule has 1 saturated heterocycles. The summed E-state index contributed by atoms with van der Waals surface area (Å²) in [6, 6.07) is 8.15. The van der Waals surface area contributed by atoms with Crippen molar-refractivity contribution in [1.29, 1.82) is 0 Å². The fraction of sp³-hybridized carbons (Fsp3) is 0.562. The lowest BCUT2D eigenvalue weighted by Crippen LogP contribution is -2.36. The monoisotopic (exact) mass is 275 g/mol. The number of hydrogen-bond donors (Lipinski definition) is 2. The second-order valence-corrected chi connectivity index (χ2v) is 6.14. The highest BCUT2D eigenvalue weighted by Gasteiger charge is 2.46. The van der Waals surface area contributed by atoms with Crippen molar-refractivity contribution < 1.29 is 15.0 Å². The van der Waals surface area contributed by atoms with E-state index in [-0.39, 0.29) is 17.9 Å². The van der Waals surface area contributed by atoms with Crippen LogP contribution in [0.25, 0.3) is 0 Å². The number of aryl methyl sites for hydroxylation is 1. The van der Waals surface area contributed by atoms with Crippen LogP contribution in [0, 0.1) is 18.8 Å². The minimum atomic E-state index is -0.836. The number of hydrogen-bond acceptors (Lipinski definition) is 2. The minimum absolute atomic E-state index is 0.0688. The lowest BCUT2D eigenvalue weighted by atomic mass is 9.68. The zero-order valence-electron chi connectivity index (χ0n) is 11.7. The van der Waals surface area contributed by atoms with Crippen LogP contribution in [-0.4, -0.2) is 40.4 Å². The summed E-state index contributed by atoms with van der Waals surface area (Å²) in [5.74, 6) is 0.703. The normalized spacial score (nSPS) is 33.0. The Labute approximate surface area is 119 Å². The fourth-order valence-electron chi connectivity index (χ4n) is 4.01. The summed E-state index contributed by atoms with van der Waals surface area (Å²) in [7, 11) is 0. The first kappa shape index (κ1) is 13.4. The van der Waals surface area contributed by atoms with E-state index in [1.807, 2.05) is 12.1 Å². The largest absolute Gasteiger partial charge is 0.465 e. The van der Waals surface area contributed by atoms with E-state index in [2.05, 4.69) is 19.1 Å². The predicted octanol–water partition coefficient (Wildman–Crippen LogP) is 2.46. The van der Waals surface area contributed by atoms with Gasteiger partial charge in [-0.05, 0) is 42.7 Å². The molecule has 1 heterocycles. The molecule has 1 saturated carbocycles. The summed E-state index contributed by atoms with van der Waals surface area (Å²) in [4.78, 5) is 12.7. The highest BCUT2D eigenvalue weighted by atomic mass is 16.4. The van der Waals surface area contributed by atoms with Crippen LogP contribution in [0.15, 0.2) is 24.3 Å². The number of nitrogens with zero attached hydrogens (tertiary/aromatic N) is 1. The van der Waals surface area contributed by atoms with E-state index in [1.54, 1.807) is 0 Å². The van der Waals surface area contributed by atoms with Crippen molar-refractivity contribution in [2.75, 3.05) is 13.1 Å². The summed E-state index contributed by atoms with van der Waals surface area (Å²) in [6.07, 6.45) is 0.509. The standard InChI is InChI=1S/C16H21NO3/c1-10-4-2-3-5-12(10)15-13-9-17(16(19)20)8-11(13)6-7-14(15)18/h2-5,11,13-15,18H,6-9H2,1H3,(H,19,20)/t11-,13-,14+,15+/m1/s1. The minimum Gasteiger partial charge on any atom is -0.465 e. The maximum atomic E-state index is 11.2. The van der Waals surface area contributed by atoms with E-state index in [1.165, 1.54) is 16.0 Å². The third-order valence-corrected chi connectivity index (χ3v) is 5.02. The molecule has 2 aliphatic rings. The topological polar surface area (TPSA) is 60.8 Å². The van der Waals surface area contributed by atoms with Gasteiger partial charge in [-0.25, -0.2) is 4.79 Å². The molecule has 4 atom stereocenters. The van der Waals surface area contributed by atoms with Crippen molar-refractivity contribution in [3.05, 3.63) is 35.4 Å². The second-order valence-electron chi connectivity index (χ2n) is 6.14. The molecule has 0 spiro atoms. The molecule has 3 rings (SSSR count). The molecule has 0 bridgehead atoms. The predicted molar refractivity (Wildman–Crippen MR) is 75.7 cm³/mol. The van der Waals surface area contributed by atoms with Crippen LogP contribution in [0.3, 0.4) is 0 Å². The van der Waals surface area contributed by atoms with Gasteiger partial charge in [-0.15, -0.1) is 0 Å². The molecule has 1 aliphatic carbocycles. The number of benzene rings is 1. The molecule has 2 N–H and O–H groups in total.